The topological polar surface area (TPSA) is 79.7 Å². The molecule has 0 amide bonds. The van der Waals surface area contributed by atoms with Crippen LogP contribution < -0.4 is 9.47 Å². The van der Waals surface area contributed by atoms with Crippen LogP contribution in [0.3, 0.4) is 0 Å². The lowest BCUT2D eigenvalue weighted by atomic mass is 10.1. The van der Waals surface area contributed by atoms with E-state index in [4.69, 9.17) is 14.2 Å². The van der Waals surface area contributed by atoms with Crippen molar-refractivity contribution in [3.8, 4) is 17.2 Å². The molecule has 1 aliphatic heterocycles. The van der Waals surface area contributed by atoms with Gasteiger partial charge >= 0.3 is 5.97 Å². The van der Waals surface area contributed by atoms with Gasteiger partial charge in [0.15, 0.2) is 23.0 Å². The van der Waals surface area contributed by atoms with Gasteiger partial charge in [-0.25, -0.2) is 9.48 Å². The predicted octanol–water partition coefficient (Wildman–Crippen LogP) is 3.72. The Morgan fingerprint density at radius 2 is 1.87 bits per heavy atom. The van der Waals surface area contributed by atoms with Crippen molar-refractivity contribution in [2.24, 2.45) is 0 Å². The summed E-state index contributed by atoms with van der Waals surface area (Å²) in [6.45, 7) is 2.90. The molecule has 0 saturated carbocycles. The van der Waals surface area contributed by atoms with Gasteiger partial charge in [-0.2, -0.15) is 5.10 Å². The minimum atomic E-state index is -0.543. The van der Waals surface area contributed by atoms with Gasteiger partial charge in [-0.3, -0.25) is 4.79 Å². The maximum absolute atomic E-state index is 12.7. The lowest BCUT2D eigenvalue weighted by Crippen LogP contribution is -2.15. The van der Waals surface area contributed by atoms with E-state index in [-0.39, 0.29) is 18.1 Å². The number of nitrogens with zero attached hydrogens (tertiary/aromatic N) is 2. The molecular weight excluding hydrogens is 384 g/mol. The molecule has 152 valence electrons. The number of esters is 1. The molecule has 7 nitrogen and oxygen atoms in total. The fourth-order valence-corrected chi connectivity index (χ4v) is 3.04. The van der Waals surface area contributed by atoms with Crippen LogP contribution in [0, 0.1) is 0 Å². The lowest BCUT2D eigenvalue weighted by Gasteiger charge is -2.18. The molecule has 0 saturated heterocycles. The molecule has 0 aliphatic carbocycles. The number of fused-ring (bicyclic) bond motifs is 1. The van der Waals surface area contributed by atoms with Gasteiger partial charge < -0.3 is 14.2 Å². The first-order valence-electron chi connectivity index (χ1n) is 9.60. The predicted molar refractivity (Wildman–Crippen MR) is 110 cm³/mol. The second kappa shape index (κ2) is 8.65. The number of hydrogen-bond acceptors (Lipinski definition) is 6. The molecule has 4 rings (SSSR count). The van der Waals surface area contributed by atoms with Crippen LogP contribution in [0.4, 0.5) is 0 Å². The van der Waals surface area contributed by atoms with Crippen LogP contribution in [0.5, 0.6) is 11.5 Å². The number of ketones is 1. The minimum Gasteiger partial charge on any atom is -0.486 e. The number of aromatic nitrogens is 2. The zero-order chi connectivity index (χ0) is 20.9. The zero-order valence-corrected chi connectivity index (χ0v) is 16.4. The molecule has 2 heterocycles. The Morgan fingerprint density at radius 3 is 2.63 bits per heavy atom. The Balaban J connectivity index is 1.62. The summed E-state index contributed by atoms with van der Waals surface area (Å²) in [6, 6.07) is 14.4. The largest absolute Gasteiger partial charge is 0.486 e. The van der Waals surface area contributed by atoms with Crippen molar-refractivity contribution in [1.29, 1.82) is 0 Å². The lowest BCUT2D eigenvalue weighted by molar-refractivity contribution is 0.0518. The van der Waals surface area contributed by atoms with Crippen LogP contribution in [0.2, 0.25) is 0 Å². The molecule has 2 aromatic carbocycles. The molecule has 30 heavy (non-hydrogen) atoms. The molecule has 0 atom stereocenters. The van der Waals surface area contributed by atoms with E-state index in [0.717, 1.165) is 5.69 Å². The highest BCUT2D eigenvalue weighted by Gasteiger charge is 2.18. The Morgan fingerprint density at radius 1 is 1.10 bits per heavy atom. The molecule has 0 radical (unpaired) electrons. The number of rotatable bonds is 6. The molecule has 0 bridgehead atoms. The molecule has 0 fully saturated rings. The fraction of sp³-hybridized carbons (Fsp3) is 0.174. The average Bonchev–Trinajstić information content (AvgIpc) is 3.22. The summed E-state index contributed by atoms with van der Waals surface area (Å²) < 4.78 is 17.7. The monoisotopic (exact) mass is 404 g/mol. The van der Waals surface area contributed by atoms with Gasteiger partial charge in [0, 0.05) is 17.3 Å². The van der Waals surface area contributed by atoms with Gasteiger partial charge in [0.2, 0.25) is 0 Å². The Kier molecular flexibility index (Phi) is 5.61. The summed E-state index contributed by atoms with van der Waals surface area (Å²) in [4.78, 5) is 25.0. The number of para-hydroxylation sites is 1. The van der Waals surface area contributed by atoms with Crippen LogP contribution in [0.15, 0.2) is 60.8 Å². The number of carbonyl (C=O) groups is 2. The normalized spacial score (nSPS) is 12.7. The highest BCUT2D eigenvalue weighted by molar-refractivity contribution is 6.07. The van der Waals surface area contributed by atoms with E-state index in [0.29, 0.717) is 35.8 Å². The van der Waals surface area contributed by atoms with Crippen LogP contribution in [-0.2, 0) is 4.74 Å². The molecule has 0 N–H and O–H groups in total. The SMILES string of the molecule is CCOC(=O)c1nn(-c2ccccc2)cc1C=CC(=O)c1ccc2c(c1)OCCO2. The van der Waals surface area contributed by atoms with Crippen LogP contribution in [-0.4, -0.2) is 41.4 Å². The van der Waals surface area contributed by atoms with E-state index >= 15 is 0 Å². The first-order chi connectivity index (χ1) is 14.7. The first-order valence-corrected chi connectivity index (χ1v) is 9.60. The highest BCUT2D eigenvalue weighted by atomic mass is 16.6. The van der Waals surface area contributed by atoms with Crippen LogP contribution in [0.25, 0.3) is 11.8 Å². The fourth-order valence-electron chi connectivity index (χ4n) is 3.04. The van der Waals surface area contributed by atoms with Crippen molar-refractivity contribution in [3.05, 3.63) is 77.6 Å². The Hall–Kier alpha value is -3.87. The summed E-state index contributed by atoms with van der Waals surface area (Å²) >= 11 is 0. The first kappa shape index (κ1) is 19.4. The van der Waals surface area contributed by atoms with Gasteiger partial charge in [0.1, 0.15) is 13.2 Å². The van der Waals surface area contributed by atoms with Crippen LogP contribution in [0.1, 0.15) is 33.3 Å². The second-order valence-electron chi connectivity index (χ2n) is 6.49. The Labute approximate surface area is 173 Å². The van der Waals surface area contributed by atoms with E-state index in [1.54, 1.807) is 42.1 Å². The summed E-state index contributed by atoms with van der Waals surface area (Å²) in [5.41, 5.74) is 1.89. The van der Waals surface area contributed by atoms with E-state index < -0.39 is 5.97 Å². The number of hydrogen-bond donors (Lipinski definition) is 0. The Bertz CT molecular complexity index is 1100. The average molecular weight is 404 g/mol. The van der Waals surface area contributed by atoms with E-state index in [9.17, 15) is 9.59 Å². The minimum absolute atomic E-state index is 0.145. The smallest absolute Gasteiger partial charge is 0.359 e. The van der Waals surface area contributed by atoms with Gasteiger partial charge in [-0.15, -0.1) is 0 Å². The number of carbonyl (C=O) groups excluding carboxylic acids is 2. The summed E-state index contributed by atoms with van der Waals surface area (Å²) in [7, 11) is 0. The second-order valence-corrected chi connectivity index (χ2v) is 6.49. The molecule has 7 heteroatoms. The number of benzene rings is 2. The van der Waals surface area contributed by atoms with Gasteiger partial charge in [-0.05, 0) is 49.4 Å². The van der Waals surface area contributed by atoms with E-state index in [1.165, 1.54) is 6.08 Å². The standard InChI is InChI=1S/C23H20N2O5/c1-2-28-23(27)22-17(15-25(24-22)18-6-4-3-5-7-18)8-10-19(26)16-9-11-20-21(14-16)30-13-12-29-20/h3-11,14-15H,2,12-13H2,1H3. The number of ether oxygens (including phenoxy) is 3. The molecule has 0 unspecified atom stereocenters. The molecular formula is C23H20N2O5. The van der Waals surface area contributed by atoms with Gasteiger partial charge in [-0.1, -0.05) is 18.2 Å². The number of allylic oxidation sites excluding steroid dienone is 1. The summed E-state index contributed by atoms with van der Waals surface area (Å²) in [5, 5.41) is 4.35. The third-order valence-corrected chi connectivity index (χ3v) is 4.47. The van der Waals surface area contributed by atoms with Crippen molar-refractivity contribution in [3.63, 3.8) is 0 Å². The maximum Gasteiger partial charge on any atom is 0.359 e. The summed E-state index contributed by atoms with van der Waals surface area (Å²) in [6.07, 6.45) is 4.66. The van der Waals surface area contributed by atoms with Gasteiger partial charge in [0.25, 0.3) is 0 Å². The highest BCUT2D eigenvalue weighted by Crippen LogP contribution is 2.31. The molecule has 1 aliphatic rings. The van der Waals surface area contributed by atoms with Crippen molar-refractivity contribution in [2.45, 2.75) is 6.92 Å². The zero-order valence-electron chi connectivity index (χ0n) is 16.4. The quantitative estimate of drug-likeness (QED) is 0.354. The van der Waals surface area contributed by atoms with Crippen molar-refractivity contribution < 1.29 is 23.8 Å². The summed E-state index contributed by atoms with van der Waals surface area (Å²) in [5.74, 6) is 0.396. The van der Waals surface area contributed by atoms with Crippen molar-refractivity contribution in [1.82, 2.24) is 9.78 Å². The van der Waals surface area contributed by atoms with Crippen molar-refractivity contribution in [2.75, 3.05) is 19.8 Å². The molecule has 1 aromatic heterocycles. The molecule has 3 aromatic rings. The van der Waals surface area contributed by atoms with Crippen LogP contribution >= 0.6 is 0 Å². The molecule has 0 spiro atoms. The van der Waals surface area contributed by atoms with E-state index in [2.05, 4.69) is 5.10 Å². The third kappa shape index (κ3) is 4.10. The van der Waals surface area contributed by atoms with E-state index in [1.807, 2.05) is 30.3 Å². The van der Waals surface area contributed by atoms with Crippen molar-refractivity contribution >= 4 is 17.8 Å². The maximum atomic E-state index is 12.7. The van der Waals surface area contributed by atoms with Gasteiger partial charge in [0.05, 0.1) is 12.3 Å². The third-order valence-electron chi connectivity index (χ3n) is 4.47.